The first-order valence-corrected chi connectivity index (χ1v) is 8.34. The van der Waals surface area contributed by atoms with Crippen molar-refractivity contribution in [2.75, 3.05) is 5.32 Å². The van der Waals surface area contributed by atoms with Gasteiger partial charge in [0.2, 0.25) is 0 Å². The Balaban J connectivity index is 1.81. The zero-order chi connectivity index (χ0) is 21.0. The first-order chi connectivity index (χ1) is 13.8. The fourth-order valence-corrected chi connectivity index (χ4v) is 2.65. The van der Waals surface area contributed by atoms with E-state index in [-0.39, 0.29) is 29.2 Å². The molecule has 1 aromatic heterocycles. The SMILES string of the molecule is O=C(Nc1cccc([N+](=O)[O-])c1)c1cccn(Cc2ccc([N+](=O)[O-])cc2)c1=O. The highest BCUT2D eigenvalue weighted by Gasteiger charge is 2.14. The molecule has 146 valence electrons. The molecule has 0 aliphatic carbocycles. The van der Waals surface area contributed by atoms with Gasteiger partial charge in [-0.2, -0.15) is 0 Å². The maximum absolute atomic E-state index is 12.6. The van der Waals surface area contributed by atoms with Crippen LogP contribution in [0.4, 0.5) is 17.1 Å². The highest BCUT2D eigenvalue weighted by atomic mass is 16.6. The number of anilines is 1. The zero-order valence-corrected chi connectivity index (χ0v) is 14.8. The summed E-state index contributed by atoms with van der Waals surface area (Å²) in [5.74, 6) is -0.700. The number of non-ortho nitro benzene ring substituents is 2. The van der Waals surface area contributed by atoms with Crippen molar-refractivity contribution in [1.82, 2.24) is 4.57 Å². The topological polar surface area (TPSA) is 137 Å². The van der Waals surface area contributed by atoms with Crippen LogP contribution in [0.15, 0.2) is 71.7 Å². The summed E-state index contributed by atoms with van der Waals surface area (Å²) in [6, 6.07) is 14.0. The van der Waals surface area contributed by atoms with Crippen molar-refractivity contribution in [3.63, 3.8) is 0 Å². The van der Waals surface area contributed by atoms with Crippen molar-refractivity contribution < 1.29 is 14.6 Å². The molecule has 0 bridgehead atoms. The van der Waals surface area contributed by atoms with Crippen molar-refractivity contribution >= 4 is 23.0 Å². The molecule has 1 N–H and O–H groups in total. The lowest BCUT2D eigenvalue weighted by molar-refractivity contribution is -0.385. The summed E-state index contributed by atoms with van der Waals surface area (Å²) in [7, 11) is 0. The van der Waals surface area contributed by atoms with Gasteiger partial charge in [-0.25, -0.2) is 0 Å². The Morgan fingerprint density at radius 3 is 2.28 bits per heavy atom. The maximum atomic E-state index is 12.6. The minimum absolute atomic E-state index is 0.0637. The monoisotopic (exact) mass is 394 g/mol. The summed E-state index contributed by atoms with van der Waals surface area (Å²) in [6.45, 7) is 0.120. The fraction of sp³-hybridized carbons (Fsp3) is 0.0526. The Labute approximate surface area is 163 Å². The molecule has 10 nitrogen and oxygen atoms in total. The maximum Gasteiger partial charge on any atom is 0.271 e. The number of carbonyl (C=O) groups is 1. The van der Waals surface area contributed by atoms with Crippen LogP contribution in [0, 0.1) is 20.2 Å². The van der Waals surface area contributed by atoms with Gasteiger partial charge in [0.15, 0.2) is 0 Å². The van der Waals surface area contributed by atoms with Gasteiger partial charge in [0.05, 0.1) is 16.4 Å². The average Bonchev–Trinajstić information content (AvgIpc) is 2.70. The van der Waals surface area contributed by atoms with Gasteiger partial charge >= 0.3 is 0 Å². The van der Waals surface area contributed by atoms with Gasteiger partial charge in [0.1, 0.15) is 5.56 Å². The highest BCUT2D eigenvalue weighted by molar-refractivity contribution is 6.04. The third kappa shape index (κ3) is 4.50. The van der Waals surface area contributed by atoms with Crippen LogP contribution >= 0.6 is 0 Å². The van der Waals surface area contributed by atoms with E-state index >= 15 is 0 Å². The Bertz CT molecular complexity index is 1150. The molecule has 3 rings (SSSR count). The summed E-state index contributed by atoms with van der Waals surface area (Å²) >= 11 is 0. The number of nitrogens with zero attached hydrogens (tertiary/aromatic N) is 3. The molecule has 0 saturated carbocycles. The predicted molar refractivity (Wildman–Crippen MR) is 104 cm³/mol. The number of aromatic nitrogens is 1. The van der Waals surface area contributed by atoms with Crippen LogP contribution in [0.25, 0.3) is 0 Å². The standard InChI is InChI=1S/C19H14N4O6/c24-18(20-14-3-1-4-16(11-14)23(28)29)17-5-2-10-21(19(17)25)12-13-6-8-15(9-7-13)22(26)27/h1-11H,12H2,(H,20,24). The van der Waals surface area contributed by atoms with E-state index in [1.165, 1.54) is 71.4 Å². The largest absolute Gasteiger partial charge is 0.322 e. The van der Waals surface area contributed by atoms with Crippen LogP contribution in [-0.2, 0) is 6.54 Å². The Morgan fingerprint density at radius 2 is 1.62 bits per heavy atom. The Hall–Kier alpha value is -4.34. The second kappa shape index (κ2) is 8.13. The van der Waals surface area contributed by atoms with Gasteiger partial charge < -0.3 is 9.88 Å². The van der Waals surface area contributed by atoms with E-state index in [9.17, 15) is 29.8 Å². The van der Waals surface area contributed by atoms with Crippen LogP contribution in [-0.4, -0.2) is 20.3 Å². The van der Waals surface area contributed by atoms with Gasteiger partial charge in [0.25, 0.3) is 22.8 Å². The summed E-state index contributed by atoms with van der Waals surface area (Å²) in [5, 5.41) is 24.0. The van der Waals surface area contributed by atoms with Crippen LogP contribution in [0.2, 0.25) is 0 Å². The van der Waals surface area contributed by atoms with E-state index in [4.69, 9.17) is 0 Å². The number of nitro groups is 2. The first-order valence-electron chi connectivity index (χ1n) is 8.34. The Morgan fingerprint density at radius 1 is 0.931 bits per heavy atom. The molecule has 1 amide bonds. The van der Waals surface area contributed by atoms with Gasteiger partial charge in [-0.05, 0) is 23.8 Å². The highest BCUT2D eigenvalue weighted by Crippen LogP contribution is 2.17. The van der Waals surface area contributed by atoms with E-state index in [0.29, 0.717) is 5.56 Å². The van der Waals surface area contributed by atoms with Crippen molar-refractivity contribution in [2.45, 2.75) is 6.54 Å². The van der Waals surface area contributed by atoms with Crippen LogP contribution in [0.1, 0.15) is 15.9 Å². The molecule has 0 saturated heterocycles. The molecule has 1 heterocycles. The zero-order valence-electron chi connectivity index (χ0n) is 14.8. The smallest absolute Gasteiger partial charge is 0.271 e. The molecule has 2 aromatic carbocycles. The molecule has 3 aromatic rings. The molecular weight excluding hydrogens is 380 g/mol. The number of benzene rings is 2. The third-order valence-corrected chi connectivity index (χ3v) is 4.08. The summed E-state index contributed by atoms with van der Waals surface area (Å²) < 4.78 is 1.30. The number of rotatable bonds is 6. The lowest BCUT2D eigenvalue weighted by Gasteiger charge is -2.09. The minimum atomic E-state index is -0.700. The van der Waals surface area contributed by atoms with Gasteiger partial charge in [-0.3, -0.25) is 29.8 Å². The molecule has 0 radical (unpaired) electrons. The molecule has 0 fully saturated rings. The first kappa shape index (κ1) is 19.4. The fourth-order valence-electron chi connectivity index (χ4n) is 2.65. The normalized spacial score (nSPS) is 10.3. The molecule has 0 unspecified atom stereocenters. The van der Waals surface area contributed by atoms with Crippen molar-refractivity contribution in [3.8, 4) is 0 Å². The Kier molecular flexibility index (Phi) is 5.44. The van der Waals surface area contributed by atoms with Crippen LogP contribution in [0.3, 0.4) is 0 Å². The number of hydrogen-bond donors (Lipinski definition) is 1. The van der Waals surface area contributed by atoms with E-state index in [2.05, 4.69) is 5.32 Å². The second-order valence-corrected chi connectivity index (χ2v) is 6.04. The summed E-state index contributed by atoms with van der Waals surface area (Å²) in [6.07, 6.45) is 1.49. The number of hydrogen-bond acceptors (Lipinski definition) is 6. The summed E-state index contributed by atoms with van der Waals surface area (Å²) in [4.78, 5) is 45.6. The molecule has 0 spiro atoms. The number of carbonyl (C=O) groups excluding carboxylic acids is 1. The van der Waals surface area contributed by atoms with Crippen molar-refractivity contribution in [3.05, 3.63) is 109 Å². The lowest BCUT2D eigenvalue weighted by Crippen LogP contribution is -2.29. The van der Waals surface area contributed by atoms with Crippen LogP contribution < -0.4 is 10.9 Å². The number of nitro benzene ring substituents is 2. The average molecular weight is 394 g/mol. The quantitative estimate of drug-likeness (QED) is 0.504. The molecule has 10 heteroatoms. The van der Waals surface area contributed by atoms with Gasteiger partial charge in [0, 0.05) is 36.1 Å². The molecule has 0 atom stereocenters. The minimum Gasteiger partial charge on any atom is -0.322 e. The van der Waals surface area contributed by atoms with E-state index in [1.807, 2.05) is 0 Å². The molecule has 29 heavy (non-hydrogen) atoms. The molecule has 0 aliphatic heterocycles. The number of amides is 1. The van der Waals surface area contributed by atoms with E-state index in [1.54, 1.807) is 0 Å². The third-order valence-electron chi connectivity index (χ3n) is 4.08. The van der Waals surface area contributed by atoms with Gasteiger partial charge in [-0.1, -0.05) is 18.2 Å². The molecule has 0 aliphatic rings. The predicted octanol–water partition coefficient (Wildman–Crippen LogP) is 2.97. The van der Waals surface area contributed by atoms with Gasteiger partial charge in [-0.15, -0.1) is 0 Å². The second-order valence-electron chi connectivity index (χ2n) is 6.04. The van der Waals surface area contributed by atoms with E-state index < -0.39 is 21.3 Å². The number of nitrogens with one attached hydrogen (secondary N) is 1. The molecular formula is C19H14N4O6. The van der Waals surface area contributed by atoms with Crippen molar-refractivity contribution in [1.29, 1.82) is 0 Å². The lowest BCUT2D eigenvalue weighted by atomic mass is 10.2. The van der Waals surface area contributed by atoms with E-state index in [0.717, 1.165) is 0 Å². The summed E-state index contributed by atoms with van der Waals surface area (Å²) in [5.41, 5.74) is -0.115. The number of pyridine rings is 1. The van der Waals surface area contributed by atoms with Crippen molar-refractivity contribution in [2.24, 2.45) is 0 Å². The van der Waals surface area contributed by atoms with Crippen LogP contribution in [0.5, 0.6) is 0 Å².